The Balaban J connectivity index is 2.31. The van der Waals surface area contributed by atoms with Crippen molar-refractivity contribution in [3.63, 3.8) is 0 Å². The fourth-order valence-electron chi connectivity index (χ4n) is 2.90. The van der Waals surface area contributed by atoms with Gasteiger partial charge in [0.05, 0.1) is 32.3 Å². The van der Waals surface area contributed by atoms with E-state index in [1.165, 1.54) is 38.1 Å². The van der Waals surface area contributed by atoms with E-state index >= 15 is 0 Å². The fourth-order valence-corrected chi connectivity index (χ4v) is 4.24. The number of nitrogens with zero attached hydrogens (tertiary/aromatic N) is 1. The fraction of sp³-hybridized carbons (Fsp3) is 0.278. The van der Waals surface area contributed by atoms with E-state index in [0.717, 1.165) is 5.56 Å². The molecule has 2 aromatic carbocycles. The number of hydrogen-bond donors (Lipinski definition) is 1. The van der Waals surface area contributed by atoms with Crippen LogP contribution in [-0.4, -0.2) is 33.5 Å². The van der Waals surface area contributed by atoms with Crippen molar-refractivity contribution in [2.45, 2.75) is 5.25 Å². The van der Waals surface area contributed by atoms with Crippen LogP contribution in [0, 0.1) is 5.82 Å². The van der Waals surface area contributed by atoms with E-state index < -0.39 is 5.25 Å². The Bertz CT molecular complexity index is 876. The summed E-state index contributed by atoms with van der Waals surface area (Å²) in [6.07, 6.45) is 0. The maximum atomic E-state index is 14.6. The SMILES string of the molecule is CN=C1Nc2cc(OC)c(OC)c(OC)c2C(c2cc(Cl)ccc2F)S1. The van der Waals surface area contributed by atoms with Crippen LogP contribution in [0.25, 0.3) is 0 Å². The lowest BCUT2D eigenvalue weighted by Gasteiger charge is -2.30. The van der Waals surface area contributed by atoms with Gasteiger partial charge in [0.2, 0.25) is 5.75 Å². The summed E-state index contributed by atoms with van der Waals surface area (Å²) in [5.74, 6) is 1.07. The van der Waals surface area contributed by atoms with Crippen molar-refractivity contribution >= 4 is 34.2 Å². The second-order valence-corrected chi connectivity index (χ2v) is 6.95. The summed E-state index contributed by atoms with van der Waals surface area (Å²) < 4.78 is 31.1. The van der Waals surface area contributed by atoms with Crippen LogP contribution in [0.5, 0.6) is 17.2 Å². The first kappa shape index (κ1) is 18.7. The molecule has 3 rings (SSSR count). The number of aliphatic imine (C=N–C) groups is 1. The number of benzene rings is 2. The minimum absolute atomic E-state index is 0.355. The third-order valence-electron chi connectivity index (χ3n) is 4.05. The molecule has 0 bridgehead atoms. The van der Waals surface area contributed by atoms with Crippen LogP contribution in [0.2, 0.25) is 5.02 Å². The smallest absolute Gasteiger partial charge is 0.203 e. The Morgan fingerprint density at radius 2 is 1.85 bits per heavy atom. The number of methoxy groups -OCH3 is 3. The third kappa shape index (κ3) is 3.17. The second-order valence-electron chi connectivity index (χ2n) is 5.42. The van der Waals surface area contributed by atoms with Gasteiger partial charge in [-0.05, 0) is 18.2 Å². The lowest BCUT2D eigenvalue weighted by atomic mass is 9.99. The van der Waals surface area contributed by atoms with Crippen LogP contribution in [0.4, 0.5) is 10.1 Å². The largest absolute Gasteiger partial charge is 0.493 e. The normalized spacial score (nSPS) is 17.5. The van der Waals surface area contributed by atoms with Gasteiger partial charge >= 0.3 is 0 Å². The zero-order valence-electron chi connectivity index (χ0n) is 14.7. The molecule has 1 aliphatic heterocycles. The molecule has 5 nitrogen and oxygen atoms in total. The molecule has 1 aliphatic rings. The topological polar surface area (TPSA) is 52.1 Å². The molecule has 0 amide bonds. The molecule has 0 saturated carbocycles. The van der Waals surface area contributed by atoms with Gasteiger partial charge in [-0.2, -0.15) is 0 Å². The van der Waals surface area contributed by atoms with Crippen LogP contribution in [-0.2, 0) is 0 Å². The predicted octanol–water partition coefficient (Wildman–Crippen LogP) is 4.74. The van der Waals surface area contributed by atoms with Crippen LogP contribution < -0.4 is 19.5 Å². The summed E-state index contributed by atoms with van der Waals surface area (Å²) in [6.45, 7) is 0. The molecule has 0 fully saturated rings. The van der Waals surface area contributed by atoms with E-state index in [9.17, 15) is 4.39 Å². The van der Waals surface area contributed by atoms with Gasteiger partial charge in [0, 0.05) is 29.3 Å². The molecule has 2 aromatic rings. The van der Waals surface area contributed by atoms with Crippen LogP contribution in [0.3, 0.4) is 0 Å². The molecule has 0 aliphatic carbocycles. The standard InChI is InChI=1S/C18H18ClFN2O3S/c1-21-18-22-12-8-13(23-2)15(24-3)16(25-4)14(12)17(26-18)10-7-9(19)5-6-11(10)20/h5-8,17H,1-4H3,(H,21,22). The summed E-state index contributed by atoms with van der Waals surface area (Å²) >= 11 is 7.49. The Morgan fingerprint density at radius 1 is 1.12 bits per heavy atom. The van der Waals surface area contributed by atoms with E-state index in [1.54, 1.807) is 26.3 Å². The molecule has 138 valence electrons. The molecule has 0 saturated heterocycles. The number of hydrogen-bond acceptors (Lipinski definition) is 5. The van der Waals surface area contributed by atoms with E-state index in [1.807, 2.05) is 0 Å². The zero-order chi connectivity index (χ0) is 18.8. The molecule has 26 heavy (non-hydrogen) atoms. The van der Waals surface area contributed by atoms with E-state index in [4.69, 9.17) is 25.8 Å². The quantitative estimate of drug-likeness (QED) is 0.809. The summed E-state index contributed by atoms with van der Waals surface area (Å²) in [6, 6.07) is 6.29. The monoisotopic (exact) mass is 396 g/mol. The van der Waals surface area contributed by atoms with Crippen LogP contribution in [0.1, 0.15) is 16.4 Å². The van der Waals surface area contributed by atoms with Crippen molar-refractivity contribution in [3.05, 3.63) is 46.2 Å². The summed E-state index contributed by atoms with van der Waals surface area (Å²) in [4.78, 5) is 4.23. The molecule has 0 spiro atoms. The molecular formula is C18H18ClFN2O3S. The summed E-state index contributed by atoms with van der Waals surface area (Å²) in [5, 5.41) is 3.91. The molecule has 8 heteroatoms. The van der Waals surface area contributed by atoms with Gasteiger partial charge in [-0.25, -0.2) is 4.39 Å². The van der Waals surface area contributed by atoms with Gasteiger partial charge in [0.15, 0.2) is 16.7 Å². The minimum atomic E-state index is -0.418. The number of thioether (sulfide) groups is 1. The first-order chi connectivity index (χ1) is 12.5. The Hall–Kier alpha value is -2.12. The lowest BCUT2D eigenvalue weighted by Crippen LogP contribution is -2.20. The van der Waals surface area contributed by atoms with Crippen molar-refractivity contribution in [2.75, 3.05) is 33.7 Å². The number of ether oxygens (including phenoxy) is 3. The van der Waals surface area contributed by atoms with E-state index in [-0.39, 0.29) is 5.82 Å². The first-order valence-corrected chi connectivity index (χ1v) is 8.98. The van der Waals surface area contributed by atoms with Crippen LogP contribution in [0.15, 0.2) is 29.3 Å². The van der Waals surface area contributed by atoms with Crippen molar-refractivity contribution in [2.24, 2.45) is 4.99 Å². The Morgan fingerprint density at radius 3 is 2.46 bits per heavy atom. The summed E-state index contributed by atoms with van der Waals surface area (Å²) in [7, 11) is 6.29. The van der Waals surface area contributed by atoms with Crippen LogP contribution >= 0.6 is 23.4 Å². The predicted molar refractivity (Wildman–Crippen MR) is 104 cm³/mol. The van der Waals surface area contributed by atoms with Gasteiger partial charge in [-0.15, -0.1) is 0 Å². The van der Waals surface area contributed by atoms with Crippen molar-refractivity contribution in [1.82, 2.24) is 0 Å². The molecular weight excluding hydrogens is 379 g/mol. The first-order valence-electron chi connectivity index (χ1n) is 7.72. The number of fused-ring (bicyclic) bond motifs is 1. The number of anilines is 1. The second kappa shape index (κ2) is 7.63. The number of halogens is 2. The Kier molecular flexibility index (Phi) is 5.48. The molecule has 0 aromatic heterocycles. The number of rotatable bonds is 4. The zero-order valence-corrected chi connectivity index (χ0v) is 16.3. The number of nitrogens with one attached hydrogen (secondary N) is 1. The highest BCUT2D eigenvalue weighted by molar-refractivity contribution is 8.14. The van der Waals surface area contributed by atoms with Crippen molar-refractivity contribution in [1.29, 1.82) is 0 Å². The van der Waals surface area contributed by atoms with Gasteiger partial charge in [0.1, 0.15) is 5.82 Å². The highest BCUT2D eigenvalue weighted by atomic mass is 35.5. The van der Waals surface area contributed by atoms with E-state index in [2.05, 4.69) is 10.3 Å². The third-order valence-corrected chi connectivity index (χ3v) is 5.51. The molecule has 1 heterocycles. The molecule has 1 atom stereocenters. The van der Waals surface area contributed by atoms with Gasteiger partial charge in [0.25, 0.3) is 0 Å². The van der Waals surface area contributed by atoms with Crippen molar-refractivity contribution < 1.29 is 18.6 Å². The average molecular weight is 397 g/mol. The Labute approximate surface area is 160 Å². The van der Waals surface area contributed by atoms with Gasteiger partial charge in [-0.1, -0.05) is 23.4 Å². The molecule has 0 radical (unpaired) electrons. The minimum Gasteiger partial charge on any atom is -0.493 e. The lowest BCUT2D eigenvalue weighted by molar-refractivity contribution is 0.322. The maximum Gasteiger partial charge on any atom is 0.203 e. The van der Waals surface area contributed by atoms with Gasteiger partial charge < -0.3 is 19.5 Å². The van der Waals surface area contributed by atoms with Crippen molar-refractivity contribution in [3.8, 4) is 17.2 Å². The molecule has 1 N–H and O–H groups in total. The highest BCUT2D eigenvalue weighted by Gasteiger charge is 2.34. The average Bonchev–Trinajstić information content (AvgIpc) is 2.67. The molecule has 1 unspecified atom stereocenters. The summed E-state index contributed by atoms with van der Waals surface area (Å²) in [5.41, 5.74) is 1.89. The van der Waals surface area contributed by atoms with E-state index in [0.29, 0.717) is 38.7 Å². The number of amidine groups is 1. The highest BCUT2D eigenvalue weighted by Crippen LogP contribution is 2.54. The van der Waals surface area contributed by atoms with Gasteiger partial charge in [-0.3, -0.25) is 4.99 Å². The maximum absolute atomic E-state index is 14.6.